The van der Waals surface area contributed by atoms with Crippen molar-refractivity contribution in [2.75, 3.05) is 41.0 Å². The van der Waals surface area contributed by atoms with Crippen LogP contribution in [0.5, 0.6) is 17.2 Å². The number of aliphatic hydroxyl groups is 1. The maximum absolute atomic E-state index is 9.48. The van der Waals surface area contributed by atoms with Crippen molar-refractivity contribution in [3.63, 3.8) is 0 Å². The van der Waals surface area contributed by atoms with Gasteiger partial charge in [-0.2, -0.15) is 5.26 Å². The quantitative estimate of drug-likeness (QED) is 0.785. The maximum atomic E-state index is 9.48. The Kier molecular flexibility index (Phi) is 6.79. The number of ether oxygens (including phenoxy) is 3. The fourth-order valence-corrected chi connectivity index (χ4v) is 2.22. The highest BCUT2D eigenvalue weighted by atomic mass is 16.5. The smallest absolute Gasteiger partial charge is 0.203 e. The van der Waals surface area contributed by atoms with Gasteiger partial charge in [0.05, 0.1) is 34.0 Å². The second-order valence-electron chi connectivity index (χ2n) is 4.34. The third kappa shape index (κ3) is 3.78. The van der Waals surface area contributed by atoms with E-state index in [9.17, 15) is 5.26 Å². The van der Waals surface area contributed by atoms with E-state index < -0.39 is 6.04 Å². The van der Waals surface area contributed by atoms with Crippen LogP contribution in [0.25, 0.3) is 0 Å². The molecule has 1 unspecified atom stereocenters. The van der Waals surface area contributed by atoms with E-state index in [1.54, 1.807) is 12.1 Å². The summed E-state index contributed by atoms with van der Waals surface area (Å²) in [5.74, 6) is 1.50. The lowest BCUT2D eigenvalue weighted by atomic mass is 10.0. The molecule has 0 saturated carbocycles. The molecule has 0 heterocycles. The van der Waals surface area contributed by atoms with Crippen LogP contribution < -0.4 is 14.2 Å². The molecule has 0 radical (unpaired) electrons. The van der Waals surface area contributed by atoms with Gasteiger partial charge in [-0.15, -0.1) is 0 Å². The molecule has 6 heteroatoms. The Morgan fingerprint density at radius 3 is 2.10 bits per heavy atom. The Hall–Kier alpha value is -1.97. The number of likely N-dealkylation sites (N-methyl/N-ethyl adjacent to an activating group) is 1. The zero-order chi connectivity index (χ0) is 15.8. The van der Waals surface area contributed by atoms with E-state index in [-0.39, 0.29) is 6.61 Å². The van der Waals surface area contributed by atoms with Gasteiger partial charge in [0.25, 0.3) is 0 Å². The average molecular weight is 294 g/mol. The van der Waals surface area contributed by atoms with E-state index >= 15 is 0 Å². The van der Waals surface area contributed by atoms with Crippen molar-refractivity contribution in [2.45, 2.75) is 13.0 Å². The van der Waals surface area contributed by atoms with Gasteiger partial charge in [0, 0.05) is 6.54 Å². The van der Waals surface area contributed by atoms with Crippen molar-refractivity contribution in [1.29, 1.82) is 5.26 Å². The predicted molar refractivity (Wildman–Crippen MR) is 78.8 cm³/mol. The van der Waals surface area contributed by atoms with E-state index in [0.717, 1.165) is 5.56 Å². The fraction of sp³-hybridized carbons (Fsp3) is 0.533. The van der Waals surface area contributed by atoms with E-state index in [0.29, 0.717) is 30.3 Å². The Labute approximate surface area is 125 Å². The van der Waals surface area contributed by atoms with Gasteiger partial charge in [0.15, 0.2) is 11.5 Å². The standard InChI is InChI=1S/C15H22N2O4/c1-5-17(6-7-18)12(10-16)11-8-13(19-2)15(21-4)14(9-11)20-3/h8-9,12,18H,5-7H2,1-4H3. The van der Waals surface area contributed by atoms with Gasteiger partial charge in [0.2, 0.25) is 5.75 Å². The van der Waals surface area contributed by atoms with Crippen molar-refractivity contribution in [3.8, 4) is 23.3 Å². The molecule has 0 aliphatic heterocycles. The van der Waals surface area contributed by atoms with E-state index in [1.807, 2.05) is 11.8 Å². The molecule has 0 amide bonds. The van der Waals surface area contributed by atoms with Crippen molar-refractivity contribution >= 4 is 0 Å². The summed E-state index contributed by atoms with van der Waals surface area (Å²) in [6.45, 7) is 3.01. The van der Waals surface area contributed by atoms with E-state index in [4.69, 9.17) is 19.3 Å². The first kappa shape index (κ1) is 17.1. The normalized spacial score (nSPS) is 11.9. The van der Waals surface area contributed by atoms with Gasteiger partial charge in [-0.1, -0.05) is 6.92 Å². The van der Waals surface area contributed by atoms with Crippen molar-refractivity contribution in [2.24, 2.45) is 0 Å². The number of benzene rings is 1. The summed E-state index contributed by atoms with van der Waals surface area (Å²) < 4.78 is 15.9. The minimum atomic E-state index is -0.490. The highest BCUT2D eigenvalue weighted by Crippen LogP contribution is 2.40. The van der Waals surface area contributed by atoms with Crippen LogP contribution in [0, 0.1) is 11.3 Å². The molecule has 1 N–H and O–H groups in total. The minimum Gasteiger partial charge on any atom is -0.493 e. The molecule has 1 aromatic carbocycles. The molecule has 0 aliphatic carbocycles. The summed E-state index contributed by atoms with van der Waals surface area (Å²) in [5, 5.41) is 18.6. The lowest BCUT2D eigenvalue weighted by Gasteiger charge is -2.26. The maximum Gasteiger partial charge on any atom is 0.203 e. The predicted octanol–water partition coefficient (Wildman–Crippen LogP) is 1.59. The third-order valence-electron chi connectivity index (χ3n) is 3.28. The molecule has 0 aromatic heterocycles. The Bertz CT molecular complexity index is 474. The number of nitriles is 1. The Balaban J connectivity index is 3.30. The molecular formula is C15H22N2O4. The Morgan fingerprint density at radius 1 is 1.19 bits per heavy atom. The Morgan fingerprint density at radius 2 is 1.76 bits per heavy atom. The molecule has 0 bridgehead atoms. The molecule has 0 saturated heterocycles. The number of nitrogens with zero attached hydrogens (tertiary/aromatic N) is 2. The molecule has 0 fully saturated rings. The van der Waals surface area contributed by atoms with Crippen LogP contribution in [0.3, 0.4) is 0 Å². The summed E-state index contributed by atoms with van der Waals surface area (Å²) in [6, 6.07) is 5.29. The highest BCUT2D eigenvalue weighted by molar-refractivity contribution is 5.55. The topological polar surface area (TPSA) is 75.0 Å². The van der Waals surface area contributed by atoms with Gasteiger partial charge in [-0.05, 0) is 24.2 Å². The molecule has 0 aliphatic rings. The van der Waals surface area contributed by atoms with Gasteiger partial charge < -0.3 is 19.3 Å². The highest BCUT2D eigenvalue weighted by Gasteiger charge is 2.22. The van der Waals surface area contributed by atoms with Crippen LogP contribution in [0.2, 0.25) is 0 Å². The first-order valence-electron chi connectivity index (χ1n) is 6.71. The van der Waals surface area contributed by atoms with E-state index in [2.05, 4.69) is 6.07 Å². The molecule has 0 spiro atoms. The average Bonchev–Trinajstić information content (AvgIpc) is 2.53. The zero-order valence-electron chi connectivity index (χ0n) is 12.9. The monoisotopic (exact) mass is 294 g/mol. The number of rotatable bonds is 8. The number of hydrogen-bond donors (Lipinski definition) is 1. The zero-order valence-corrected chi connectivity index (χ0v) is 12.9. The van der Waals surface area contributed by atoms with Crippen molar-refractivity contribution < 1.29 is 19.3 Å². The summed E-state index contributed by atoms with van der Waals surface area (Å²) >= 11 is 0. The molecule has 1 atom stereocenters. The van der Waals surface area contributed by atoms with Gasteiger partial charge in [0.1, 0.15) is 6.04 Å². The van der Waals surface area contributed by atoms with Crippen LogP contribution >= 0.6 is 0 Å². The molecule has 116 valence electrons. The first-order chi connectivity index (χ1) is 10.2. The third-order valence-corrected chi connectivity index (χ3v) is 3.28. The summed E-state index contributed by atoms with van der Waals surface area (Å²) in [7, 11) is 4.60. The molecule has 1 rings (SSSR count). The van der Waals surface area contributed by atoms with Crippen LogP contribution in [-0.4, -0.2) is 51.0 Å². The van der Waals surface area contributed by atoms with Crippen LogP contribution in [0.1, 0.15) is 18.5 Å². The van der Waals surface area contributed by atoms with Gasteiger partial charge >= 0.3 is 0 Å². The number of methoxy groups -OCH3 is 3. The first-order valence-corrected chi connectivity index (χ1v) is 6.71. The molecular weight excluding hydrogens is 272 g/mol. The van der Waals surface area contributed by atoms with Crippen LogP contribution in [0.4, 0.5) is 0 Å². The summed E-state index contributed by atoms with van der Waals surface area (Å²) in [4.78, 5) is 1.88. The minimum absolute atomic E-state index is 0.00353. The van der Waals surface area contributed by atoms with Gasteiger partial charge in [-0.3, -0.25) is 4.90 Å². The lowest BCUT2D eigenvalue weighted by molar-refractivity contribution is 0.180. The molecule has 1 aromatic rings. The van der Waals surface area contributed by atoms with Crippen molar-refractivity contribution in [1.82, 2.24) is 4.90 Å². The van der Waals surface area contributed by atoms with Crippen molar-refractivity contribution in [3.05, 3.63) is 17.7 Å². The van der Waals surface area contributed by atoms with E-state index in [1.165, 1.54) is 21.3 Å². The van der Waals surface area contributed by atoms with Gasteiger partial charge in [-0.25, -0.2) is 0 Å². The second kappa shape index (κ2) is 8.35. The number of aliphatic hydroxyl groups excluding tert-OH is 1. The lowest BCUT2D eigenvalue weighted by Crippen LogP contribution is -2.30. The summed E-state index contributed by atoms with van der Waals surface area (Å²) in [6.07, 6.45) is 0. The fourth-order valence-electron chi connectivity index (χ4n) is 2.22. The molecule has 6 nitrogen and oxygen atoms in total. The van der Waals surface area contributed by atoms with Crippen LogP contribution in [0.15, 0.2) is 12.1 Å². The number of hydrogen-bond acceptors (Lipinski definition) is 6. The molecule has 21 heavy (non-hydrogen) atoms. The van der Waals surface area contributed by atoms with Crippen LogP contribution in [-0.2, 0) is 0 Å². The largest absolute Gasteiger partial charge is 0.493 e. The summed E-state index contributed by atoms with van der Waals surface area (Å²) in [5.41, 5.74) is 0.738. The SMILES string of the molecule is CCN(CCO)C(C#N)c1cc(OC)c(OC)c(OC)c1. The second-order valence-corrected chi connectivity index (χ2v) is 4.34.